The van der Waals surface area contributed by atoms with Gasteiger partial charge >= 0.3 is 0 Å². The minimum absolute atomic E-state index is 0.112. The molecule has 134 valence electrons. The number of hydrogen-bond acceptors (Lipinski definition) is 4. The SMILES string of the molecule is Cc1cc(N(C)C2CCN(C(=O)c3c[nH]c4ccccc34)CC2)ncn1. The van der Waals surface area contributed by atoms with Gasteiger partial charge in [0, 0.05) is 55.0 Å². The van der Waals surface area contributed by atoms with Gasteiger partial charge in [0.25, 0.3) is 5.91 Å². The Balaban J connectivity index is 1.44. The molecule has 1 aliphatic heterocycles. The van der Waals surface area contributed by atoms with E-state index in [0.29, 0.717) is 6.04 Å². The third kappa shape index (κ3) is 3.03. The Labute approximate surface area is 152 Å². The number of likely N-dealkylation sites (tertiary alicyclic amines) is 1. The normalized spacial score (nSPS) is 15.4. The van der Waals surface area contributed by atoms with Crippen LogP contribution in [-0.4, -0.2) is 51.9 Å². The molecule has 3 heterocycles. The van der Waals surface area contributed by atoms with Gasteiger partial charge in [0.2, 0.25) is 0 Å². The van der Waals surface area contributed by atoms with Crippen molar-refractivity contribution in [2.75, 3.05) is 25.0 Å². The number of fused-ring (bicyclic) bond motifs is 1. The van der Waals surface area contributed by atoms with Gasteiger partial charge in [0.15, 0.2) is 0 Å². The van der Waals surface area contributed by atoms with E-state index in [1.165, 1.54) is 0 Å². The number of hydrogen-bond donors (Lipinski definition) is 1. The Morgan fingerprint density at radius 1 is 1.23 bits per heavy atom. The lowest BCUT2D eigenvalue weighted by Gasteiger charge is -2.37. The van der Waals surface area contributed by atoms with E-state index in [0.717, 1.165) is 53.9 Å². The zero-order valence-corrected chi connectivity index (χ0v) is 15.1. The zero-order chi connectivity index (χ0) is 18.1. The van der Waals surface area contributed by atoms with E-state index in [-0.39, 0.29) is 5.91 Å². The molecule has 0 bridgehead atoms. The van der Waals surface area contributed by atoms with Crippen LogP contribution < -0.4 is 4.90 Å². The molecule has 0 atom stereocenters. The van der Waals surface area contributed by atoms with E-state index in [1.54, 1.807) is 6.33 Å². The fraction of sp³-hybridized carbons (Fsp3) is 0.350. The maximum Gasteiger partial charge on any atom is 0.256 e. The lowest BCUT2D eigenvalue weighted by molar-refractivity contribution is 0.0715. The number of nitrogens with zero attached hydrogens (tertiary/aromatic N) is 4. The molecule has 1 aromatic carbocycles. The van der Waals surface area contributed by atoms with Gasteiger partial charge in [0.1, 0.15) is 12.1 Å². The molecule has 1 fully saturated rings. The Kier molecular flexibility index (Phi) is 4.32. The van der Waals surface area contributed by atoms with Crippen LogP contribution in [0.5, 0.6) is 0 Å². The second-order valence-corrected chi connectivity index (χ2v) is 6.90. The second-order valence-electron chi connectivity index (χ2n) is 6.90. The van der Waals surface area contributed by atoms with Gasteiger partial charge in [-0.05, 0) is 25.8 Å². The van der Waals surface area contributed by atoms with Crippen LogP contribution in [0.15, 0.2) is 42.9 Å². The molecule has 0 saturated carbocycles. The molecule has 0 spiro atoms. The summed E-state index contributed by atoms with van der Waals surface area (Å²) in [6, 6.07) is 10.3. The van der Waals surface area contributed by atoms with Gasteiger partial charge in [-0.25, -0.2) is 9.97 Å². The Bertz CT molecular complexity index is 927. The molecule has 3 aromatic rings. The van der Waals surface area contributed by atoms with Crippen molar-refractivity contribution in [2.45, 2.75) is 25.8 Å². The first-order chi connectivity index (χ1) is 12.6. The summed E-state index contributed by atoms with van der Waals surface area (Å²) < 4.78 is 0. The molecule has 2 aromatic heterocycles. The van der Waals surface area contributed by atoms with Crippen molar-refractivity contribution in [2.24, 2.45) is 0 Å². The monoisotopic (exact) mass is 349 g/mol. The highest BCUT2D eigenvalue weighted by Crippen LogP contribution is 2.24. The molecule has 1 saturated heterocycles. The van der Waals surface area contributed by atoms with Crippen LogP contribution in [0.1, 0.15) is 28.9 Å². The van der Waals surface area contributed by atoms with Crippen molar-refractivity contribution < 1.29 is 4.79 Å². The number of anilines is 1. The summed E-state index contributed by atoms with van der Waals surface area (Å²) in [5.41, 5.74) is 2.73. The number of amides is 1. The smallest absolute Gasteiger partial charge is 0.256 e. The summed E-state index contributed by atoms with van der Waals surface area (Å²) in [6.07, 6.45) is 5.31. The third-order valence-corrected chi connectivity index (χ3v) is 5.27. The maximum absolute atomic E-state index is 12.9. The van der Waals surface area contributed by atoms with Crippen molar-refractivity contribution in [3.8, 4) is 0 Å². The van der Waals surface area contributed by atoms with Crippen LogP contribution in [0.3, 0.4) is 0 Å². The number of benzene rings is 1. The van der Waals surface area contributed by atoms with Crippen LogP contribution in [-0.2, 0) is 0 Å². The lowest BCUT2D eigenvalue weighted by Crippen LogP contribution is -2.45. The lowest BCUT2D eigenvalue weighted by atomic mass is 10.0. The van der Waals surface area contributed by atoms with Crippen LogP contribution in [0, 0.1) is 6.92 Å². The first-order valence-corrected chi connectivity index (χ1v) is 9.00. The average molecular weight is 349 g/mol. The van der Waals surface area contributed by atoms with Gasteiger partial charge in [-0.15, -0.1) is 0 Å². The van der Waals surface area contributed by atoms with Crippen molar-refractivity contribution in [1.29, 1.82) is 0 Å². The minimum Gasteiger partial charge on any atom is -0.360 e. The number of carbonyl (C=O) groups is 1. The average Bonchev–Trinajstić information content (AvgIpc) is 3.11. The number of aryl methyl sites for hydroxylation is 1. The summed E-state index contributed by atoms with van der Waals surface area (Å²) in [4.78, 5) is 28.8. The van der Waals surface area contributed by atoms with Crippen LogP contribution in [0.2, 0.25) is 0 Å². The third-order valence-electron chi connectivity index (χ3n) is 5.27. The number of aromatic amines is 1. The maximum atomic E-state index is 12.9. The Hall–Kier alpha value is -2.89. The second kappa shape index (κ2) is 6.78. The van der Waals surface area contributed by atoms with Crippen molar-refractivity contribution in [1.82, 2.24) is 19.9 Å². The van der Waals surface area contributed by atoms with E-state index in [9.17, 15) is 4.79 Å². The largest absolute Gasteiger partial charge is 0.360 e. The summed E-state index contributed by atoms with van der Waals surface area (Å²) in [7, 11) is 2.07. The van der Waals surface area contributed by atoms with Crippen LogP contribution in [0.25, 0.3) is 10.9 Å². The summed E-state index contributed by atoms with van der Waals surface area (Å²) in [6.45, 7) is 3.50. The number of piperidine rings is 1. The van der Waals surface area contributed by atoms with E-state index < -0.39 is 0 Å². The standard InChI is InChI=1S/C20H23N5O/c1-14-11-19(23-13-22-14)24(2)15-7-9-25(10-8-15)20(26)17-12-21-18-6-4-3-5-16(17)18/h3-6,11-13,15,21H,7-10H2,1-2H3. The molecule has 0 aliphatic carbocycles. The highest BCUT2D eigenvalue weighted by Gasteiger charge is 2.27. The quantitative estimate of drug-likeness (QED) is 0.789. The van der Waals surface area contributed by atoms with E-state index in [4.69, 9.17) is 0 Å². The van der Waals surface area contributed by atoms with Crippen LogP contribution in [0.4, 0.5) is 5.82 Å². The molecule has 1 aliphatic rings. The molecular formula is C20H23N5O. The van der Waals surface area contributed by atoms with Crippen molar-refractivity contribution in [3.05, 3.63) is 54.1 Å². The van der Waals surface area contributed by atoms with Crippen LogP contribution >= 0.6 is 0 Å². The number of aromatic nitrogens is 3. The number of H-pyrrole nitrogens is 1. The van der Waals surface area contributed by atoms with Gasteiger partial charge in [0.05, 0.1) is 5.56 Å². The predicted molar refractivity (Wildman–Crippen MR) is 102 cm³/mol. The molecular weight excluding hydrogens is 326 g/mol. The summed E-state index contributed by atoms with van der Waals surface area (Å²) in [5, 5.41) is 0.994. The number of para-hydroxylation sites is 1. The van der Waals surface area contributed by atoms with Gasteiger partial charge in [-0.1, -0.05) is 18.2 Å². The van der Waals surface area contributed by atoms with E-state index in [1.807, 2.05) is 48.4 Å². The summed E-state index contributed by atoms with van der Waals surface area (Å²) >= 11 is 0. The highest BCUT2D eigenvalue weighted by molar-refractivity contribution is 6.06. The summed E-state index contributed by atoms with van der Waals surface area (Å²) in [5.74, 6) is 1.06. The fourth-order valence-corrected chi connectivity index (χ4v) is 3.70. The molecule has 26 heavy (non-hydrogen) atoms. The van der Waals surface area contributed by atoms with Gasteiger partial charge in [-0.2, -0.15) is 0 Å². The number of carbonyl (C=O) groups excluding carboxylic acids is 1. The van der Waals surface area contributed by atoms with Crippen molar-refractivity contribution >= 4 is 22.6 Å². The topological polar surface area (TPSA) is 65.1 Å². The molecule has 6 nitrogen and oxygen atoms in total. The highest BCUT2D eigenvalue weighted by atomic mass is 16.2. The van der Waals surface area contributed by atoms with Gasteiger partial charge < -0.3 is 14.8 Å². The predicted octanol–water partition coefficient (Wildman–Crippen LogP) is 3.01. The van der Waals surface area contributed by atoms with E-state index in [2.05, 4.69) is 26.9 Å². The zero-order valence-electron chi connectivity index (χ0n) is 15.1. The van der Waals surface area contributed by atoms with Crippen molar-refractivity contribution in [3.63, 3.8) is 0 Å². The Morgan fingerprint density at radius 3 is 2.77 bits per heavy atom. The van der Waals surface area contributed by atoms with E-state index >= 15 is 0 Å². The number of rotatable bonds is 3. The molecule has 0 unspecified atom stereocenters. The molecule has 1 N–H and O–H groups in total. The molecule has 4 rings (SSSR count). The minimum atomic E-state index is 0.112. The number of nitrogens with one attached hydrogen (secondary N) is 1. The first-order valence-electron chi connectivity index (χ1n) is 9.00. The Morgan fingerprint density at radius 2 is 2.00 bits per heavy atom. The first kappa shape index (κ1) is 16.6. The molecule has 1 amide bonds. The molecule has 0 radical (unpaired) electrons. The van der Waals surface area contributed by atoms with Gasteiger partial charge in [-0.3, -0.25) is 4.79 Å². The fourth-order valence-electron chi connectivity index (χ4n) is 3.70. The molecule has 6 heteroatoms.